The van der Waals surface area contributed by atoms with Crippen LogP contribution in [0.5, 0.6) is 0 Å². The number of halogens is 1. The Hall–Kier alpha value is -1.89. The first-order chi connectivity index (χ1) is 14.1. The van der Waals surface area contributed by atoms with Gasteiger partial charge in [-0.25, -0.2) is 0 Å². The third-order valence-corrected chi connectivity index (χ3v) is 5.89. The number of ether oxygens (including phenoxy) is 1. The smallest absolute Gasteiger partial charge is 0.0875 e. The molecule has 3 aromatic rings. The first-order valence-corrected chi connectivity index (χ1v) is 10.4. The number of nitrogens with zero attached hydrogens (tertiary/aromatic N) is 1. The number of fused-ring (bicyclic) bond motifs is 1. The zero-order chi connectivity index (χ0) is 20.4. The van der Waals surface area contributed by atoms with Gasteiger partial charge >= 0.3 is 0 Å². The van der Waals surface area contributed by atoms with Gasteiger partial charge in [-0.3, -0.25) is 0 Å². The fourth-order valence-corrected chi connectivity index (χ4v) is 4.45. The van der Waals surface area contributed by atoms with Gasteiger partial charge in [0.25, 0.3) is 0 Å². The van der Waals surface area contributed by atoms with Gasteiger partial charge in [-0.2, -0.15) is 0 Å². The van der Waals surface area contributed by atoms with Gasteiger partial charge in [0.05, 0.1) is 35.5 Å². The van der Waals surface area contributed by atoms with E-state index in [0.717, 1.165) is 27.6 Å². The van der Waals surface area contributed by atoms with Crippen LogP contribution in [0.1, 0.15) is 35.6 Å². The normalized spacial score (nSPS) is 22.3. The number of hydrogen-bond donors (Lipinski definition) is 3. The van der Waals surface area contributed by atoms with Crippen LogP contribution in [0.3, 0.4) is 0 Å². The van der Waals surface area contributed by atoms with E-state index in [0.29, 0.717) is 30.8 Å². The Balaban J connectivity index is 1.69. The van der Waals surface area contributed by atoms with Gasteiger partial charge < -0.3 is 24.6 Å². The predicted octanol–water partition coefficient (Wildman–Crippen LogP) is 3.45. The summed E-state index contributed by atoms with van der Waals surface area (Å²) in [6.07, 6.45) is 2.50. The molecular weight excluding hydrogens is 390 g/mol. The first kappa shape index (κ1) is 20.4. The molecule has 1 aromatic heterocycles. The summed E-state index contributed by atoms with van der Waals surface area (Å²) in [6, 6.07) is 14.0. The fraction of sp³-hybridized carbons (Fsp3) is 0.391. The van der Waals surface area contributed by atoms with Gasteiger partial charge in [-0.05, 0) is 23.6 Å². The number of para-hydroxylation sites is 1. The Labute approximate surface area is 175 Å². The van der Waals surface area contributed by atoms with Crippen molar-refractivity contribution in [2.24, 2.45) is 0 Å². The van der Waals surface area contributed by atoms with Crippen LogP contribution in [0.25, 0.3) is 10.9 Å². The molecule has 3 atom stereocenters. The highest BCUT2D eigenvalue weighted by Crippen LogP contribution is 2.38. The van der Waals surface area contributed by atoms with Crippen molar-refractivity contribution in [2.75, 3.05) is 13.2 Å². The quantitative estimate of drug-likeness (QED) is 0.576. The molecule has 0 unspecified atom stereocenters. The van der Waals surface area contributed by atoms with Crippen molar-refractivity contribution >= 4 is 22.5 Å². The van der Waals surface area contributed by atoms with Crippen LogP contribution in [-0.4, -0.2) is 45.3 Å². The third-order valence-electron chi connectivity index (χ3n) is 5.58. The minimum absolute atomic E-state index is 0.104. The van der Waals surface area contributed by atoms with Crippen LogP contribution in [-0.2, 0) is 17.7 Å². The molecule has 1 fully saturated rings. The van der Waals surface area contributed by atoms with Crippen LogP contribution in [0.15, 0.2) is 48.7 Å². The van der Waals surface area contributed by atoms with Crippen molar-refractivity contribution < 1.29 is 20.1 Å². The molecule has 29 heavy (non-hydrogen) atoms. The Kier molecular flexibility index (Phi) is 6.23. The molecule has 2 aromatic carbocycles. The maximum Gasteiger partial charge on any atom is 0.0875 e. The summed E-state index contributed by atoms with van der Waals surface area (Å²) in [5.41, 5.74) is 4.16. The van der Waals surface area contributed by atoms with E-state index < -0.39 is 6.10 Å². The van der Waals surface area contributed by atoms with Gasteiger partial charge in [-0.15, -0.1) is 0 Å². The molecule has 1 saturated heterocycles. The van der Waals surface area contributed by atoms with E-state index >= 15 is 0 Å². The molecule has 3 N–H and O–H groups in total. The maximum absolute atomic E-state index is 10.2. The minimum atomic E-state index is -0.498. The van der Waals surface area contributed by atoms with Crippen molar-refractivity contribution in [1.29, 1.82) is 0 Å². The Morgan fingerprint density at radius 2 is 1.79 bits per heavy atom. The number of aliphatic hydroxyl groups excluding tert-OH is 3. The summed E-state index contributed by atoms with van der Waals surface area (Å²) in [4.78, 5) is 0. The van der Waals surface area contributed by atoms with Crippen molar-refractivity contribution in [1.82, 2.24) is 4.57 Å². The summed E-state index contributed by atoms with van der Waals surface area (Å²) < 4.78 is 8.17. The van der Waals surface area contributed by atoms with E-state index in [1.807, 2.05) is 30.3 Å². The van der Waals surface area contributed by atoms with Crippen molar-refractivity contribution in [3.8, 4) is 0 Å². The largest absolute Gasteiger partial charge is 0.396 e. The van der Waals surface area contributed by atoms with E-state index in [4.69, 9.17) is 21.4 Å². The number of benzene rings is 2. The lowest BCUT2D eigenvalue weighted by molar-refractivity contribution is -0.113. The van der Waals surface area contributed by atoms with Crippen LogP contribution >= 0.6 is 11.6 Å². The van der Waals surface area contributed by atoms with Crippen LogP contribution in [0, 0.1) is 0 Å². The van der Waals surface area contributed by atoms with Gasteiger partial charge in [0.1, 0.15) is 0 Å². The zero-order valence-electron chi connectivity index (χ0n) is 16.2. The highest BCUT2D eigenvalue weighted by molar-refractivity contribution is 6.35. The minimum Gasteiger partial charge on any atom is -0.396 e. The van der Waals surface area contributed by atoms with E-state index in [1.165, 1.54) is 0 Å². The molecule has 1 aliphatic heterocycles. The topological polar surface area (TPSA) is 74.9 Å². The van der Waals surface area contributed by atoms with E-state index in [2.05, 4.69) is 22.9 Å². The third kappa shape index (κ3) is 4.34. The van der Waals surface area contributed by atoms with Crippen LogP contribution < -0.4 is 0 Å². The molecule has 1 aliphatic rings. The summed E-state index contributed by atoms with van der Waals surface area (Å²) in [7, 11) is 0. The Morgan fingerprint density at radius 3 is 2.52 bits per heavy atom. The summed E-state index contributed by atoms with van der Waals surface area (Å²) in [6.45, 7) is 0.689. The second kappa shape index (κ2) is 8.86. The van der Waals surface area contributed by atoms with E-state index in [9.17, 15) is 10.2 Å². The average Bonchev–Trinajstić information content (AvgIpc) is 3.09. The molecule has 0 spiro atoms. The summed E-state index contributed by atoms with van der Waals surface area (Å²) in [5.74, 6) is 0. The van der Waals surface area contributed by atoms with Crippen LogP contribution in [0.2, 0.25) is 5.02 Å². The molecule has 0 bridgehead atoms. The lowest BCUT2D eigenvalue weighted by Crippen LogP contribution is -2.33. The van der Waals surface area contributed by atoms with Crippen LogP contribution in [0.4, 0.5) is 0 Å². The van der Waals surface area contributed by atoms with E-state index in [-0.39, 0.29) is 25.4 Å². The molecule has 0 saturated carbocycles. The standard InChI is InChI=1S/C23H26ClNO4/c24-21-3-1-2-19-20(22-11-17(28)10-18(14-27)29-22)13-25(23(19)21)12-16-6-4-15(5-7-16)8-9-26/h1-7,13,17-18,22,26-28H,8-12,14H2/t17-,18-,22+/m0/s1. The summed E-state index contributed by atoms with van der Waals surface area (Å²) in [5, 5.41) is 30.5. The molecule has 4 rings (SSSR count). The monoisotopic (exact) mass is 415 g/mol. The lowest BCUT2D eigenvalue weighted by atomic mass is 9.96. The Morgan fingerprint density at radius 1 is 1.03 bits per heavy atom. The molecule has 154 valence electrons. The second-order valence-corrected chi connectivity index (χ2v) is 8.10. The van der Waals surface area contributed by atoms with Gasteiger partial charge in [0.2, 0.25) is 0 Å². The highest BCUT2D eigenvalue weighted by Gasteiger charge is 2.31. The van der Waals surface area contributed by atoms with Crippen molar-refractivity contribution in [3.05, 3.63) is 70.4 Å². The number of aliphatic hydroxyl groups is 3. The molecule has 6 heteroatoms. The zero-order valence-corrected chi connectivity index (χ0v) is 16.9. The first-order valence-electron chi connectivity index (χ1n) is 9.99. The number of aromatic nitrogens is 1. The van der Waals surface area contributed by atoms with Gasteiger partial charge in [0.15, 0.2) is 0 Å². The van der Waals surface area contributed by atoms with Gasteiger partial charge in [0, 0.05) is 43.1 Å². The molecule has 2 heterocycles. The average molecular weight is 416 g/mol. The Bertz CT molecular complexity index is 969. The highest BCUT2D eigenvalue weighted by atomic mass is 35.5. The second-order valence-electron chi connectivity index (χ2n) is 7.69. The predicted molar refractivity (Wildman–Crippen MR) is 113 cm³/mol. The molecule has 0 radical (unpaired) electrons. The number of hydrogen-bond acceptors (Lipinski definition) is 4. The van der Waals surface area contributed by atoms with E-state index in [1.54, 1.807) is 0 Å². The van der Waals surface area contributed by atoms with Crippen molar-refractivity contribution in [3.63, 3.8) is 0 Å². The maximum atomic E-state index is 10.2. The molecule has 0 amide bonds. The molecular formula is C23H26ClNO4. The SMILES string of the molecule is OCCc1ccc(Cn2cc([C@H]3C[C@@H](O)C[C@@H](CO)O3)c3cccc(Cl)c32)cc1. The molecule has 5 nitrogen and oxygen atoms in total. The van der Waals surface area contributed by atoms with Crippen molar-refractivity contribution in [2.45, 2.75) is 44.1 Å². The lowest BCUT2D eigenvalue weighted by Gasteiger charge is -2.32. The van der Waals surface area contributed by atoms with Gasteiger partial charge in [-0.1, -0.05) is 48.0 Å². The molecule has 0 aliphatic carbocycles. The summed E-state index contributed by atoms with van der Waals surface area (Å²) >= 11 is 6.55. The number of rotatable bonds is 6. The fourth-order valence-electron chi connectivity index (χ4n) is 4.17.